The van der Waals surface area contributed by atoms with E-state index in [1.165, 1.54) is 40.0 Å². The maximum absolute atomic E-state index is 12.4. The number of primary amides is 1. The number of nitrogen functional groups attached to an aromatic ring is 1. The first-order valence-electron chi connectivity index (χ1n) is 12.6. The first kappa shape index (κ1) is 32.4. The SMILES string of the molecule is NC(=O)c1ccc[n+]([C@@H]2O[C@H](COP(=O)(O)OP(=O)(O)OC[C@H]3O[C@@H](n4cnc5c(N)ncnc54)C(O)C3O)C(O)[C@@H]2O)c1. The lowest BCUT2D eigenvalue weighted by molar-refractivity contribution is -0.765. The third-order valence-electron chi connectivity index (χ3n) is 6.75. The van der Waals surface area contributed by atoms with E-state index in [9.17, 15) is 44.1 Å². The fraction of sp³-hybridized carbons (Fsp3) is 0.476. The Morgan fingerprint density at radius 3 is 2.27 bits per heavy atom. The van der Waals surface area contributed by atoms with Gasteiger partial charge in [-0.1, -0.05) is 0 Å². The molecule has 0 saturated carbocycles. The second kappa shape index (κ2) is 12.4. The lowest BCUT2D eigenvalue weighted by atomic mass is 10.1. The number of pyridine rings is 1. The number of aliphatic hydroxyl groups is 4. The minimum Gasteiger partial charge on any atom is -0.387 e. The van der Waals surface area contributed by atoms with Gasteiger partial charge < -0.3 is 51.2 Å². The van der Waals surface area contributed by atoms with Gasteiger partial charge in [0.2, 0.25) is 0 Å². The third-order valence-corrected chi connectivity index (χ3v) is 9.35. The zero-order valence-electron chi connectivity index (χ0n) is 22.2. The molecule has 0 bridgehead atoms. The summed E-state index contributed by atoms with van der Waals surface area (Å²) in [6.07, 6.45) is -6.85. The molecule has 0 radical (unpaired) electrons. The highest BCUT2D eigenvalue weighted by molar-refractivity contribution is 7.61. The molecule has 2 saturated heterocycles. The summed E-state index contributed by atoms with van der Waals surface area (Å²) < 4.78 is 52.0. The molecule has 21 nitrogen and oxygen atoms in total. The fourth-order valence-corrected chi connectivity index (χ4v) is 6.67. The number of hydrogen-bond donors (Lipinski definition) is 8. The van der Waals surface area contributed by atoms with Crippen LogP contribution in [0.25, 0.3) is 11.2 Å². The average molecular weight is 664 g/mol. The van der Waals surface area contributed by atoms with Crippen molar-refractivity contribution in [1.29, 1.82) is 0 Å². The van der Waals surface area contributed by atoms with E-state index in [0.29, 0.717) is 0 Å². The zero-order valence-corrected chi connectivity index (χ0v) is 24.0. The van der Waals surface area contributed by atoms with Gasteiger partial charge >= 0.3 is 15.6 Å². The van der Waals surface area contributed by atoms with Crippen LogP contribution in [0.15, 0.2) is 37.2 Å². The Bertz CT molecular complexity index is 1630. The lowest BCUT2D eigenvalue weighted by Gasteiger charge is -2.20. The van der Waals surface area contributed by atoms with E-state index in [1.54, 1.807) is 0 Å². The smallest absolute Gasteiger partial charge is 0.387 e. The molecule has 2 fully saturated rings. The molecular weight excluding hydrogens is 636 g/mol. The molecule has 2 aliphatic heterocycles. The van der Waals surface area contributed by atoms with Crippen LogP contribution in [0, 0.1) is 0 Å². The number of carbonyl (C=O) groups excluding carboxylic acids is 1. The molecule has 5 unspecified atom stereocenters. The van der Waals surface area contributed by atoms with Gasteiger partial charge in [0.25, 0.3) is 12.1 Å². The van der Waals surface area contributed by atoms with Crippen LogP contribution in [0.4, 0.5) is 5.82 Å². The van der Waals surface area contributed by atoms with Gasteiger partial charge in [0.05, 0.1) is 19.5 Å². The summed E-state index contributed by atoms with van der Waals surface area (Å²) in [5.74, 6) is -0.714. The molecule has 1 amide bonds. The topological polar surface area (TPSA) is 318 Å². The molecule has 0 aliphatic carbocycles. The maximum atomic E-state index is 12.4. The van der Waals surface area contributed by atoms with Crippen molar-refractivity contribution in [2.75, 3.05) is 18.9 Å². The molecule has 3 aromatic heterocycles. The number of imidazole rings is 1. The number of ether oxygens (including phenoxy) is 2. The minimum atomic E-state index is -5.37. The van der Waals surface area contributed by atoms with Crippen LogP contribution in [0.3, 0.4) is 0 Å². The van der Waals surface area contributed by atoms with Crippen molar-refractivity contribution in [3.63, 3.8) is 0 Å². The van der Waals surface area contributed by atoms with Crippen LogP contribution in [-0.4, -0.2) is 105 Å². The molecule has 44 heavy (non-hydrogen) atoms. The van der Waals surface area contributed by atoms with E-state index in [2.05, 4.69) is 23.8 Å². The standard InChI is InChI=1S/C21H27N7O14P2/c22-17-12-19(25-7-24-17)28(8-26-12)21-16(32)14(30)11(41-21)6-39-44(36,37)42-43(34,35)38-5-10-13(29)15(31)20(40-10)27-3-1-2-9(4-27)18(23)33/h1-4,7-8,10-11,13-16,20-21,29-32H,5-6H2,(H5-,22,23,24,25,33,34,35,36,37)/p+1/t10-,11-,13?,14?,15+,16?,20-,21-/m1/s1. The molecule has 23 heteroatoms. The number of phosphoric ester groups is 2. The molecule has 0 aromatic carbocycles. The summed E-state index contributed by atoms with van der Waals surface area (Å²) in [5, 5.41) is 41.6. The summed E-state index contributed by atoms with van der Waals surface area (Å²) >= 11 is 0. The highest BCUT2D eigenvalue weighted by atomic mass is 31.3. The number of carbonyl (C=O) groups is 1. The average Bonchev–Trinajstić information content (AvgIpc) is 3.61. The molecule has 2 aliphatic rings. The molecular formula is C21H28N7O14P2+. The summed E-state index contributed by atoms with van der Waals surface area (Å²) in [6, 6.07) is 2.83. The van der Waals surface area contributed by atoms with Crippen LogP contribution in [0.1, 0.15) is 22.8 Å². The van der Waals surface area contributed by atoms with Gasteiger partial charge in [0, 0.05) is 6.07 Å². The molecule has 5 heterocycles. The summed E-state index contributed by atoms with van der Waals surface area (Å²) in [4.78, 5) is 43.3. The number of aromatic nitrogens is 5. The number of nitrogens with two attached hydrogens (primary N) is 2. The van der Waals surface area contributed by atoms with Gasteiger partial charge in [-0.25, -0.2) is 24.1 Å². The molecule has 10 N–H and O–H groups in total. The van der Waals surface area contributed by atoms with Crippen molar-refractivity contribution in [3.05, 3.63) is 42.7 Å². The highest BCUT2D eigenvalue weighted by Crippen LogP contribution is 2.60. The Balaban J connectivity index is 1.16. The monoisotopic (exact) mass is 664 g/mol. The van der Waals surface area contributed by atoms with Crippen LogP contribution in [0.2, 0.25) is 0 Å². The van der Waals surface area contributed by atoms with Crippen molar-refractivity contribution < 1.29 is 71.5 Å². The van der Waals surface area contributed by atoms with Gasteiger partial charge in [0.15, 0.2) is 36.2 Å². The van der Waals surface area contributed by atoms with E-state index in [0.717, 1.165) is 6.33 Å². The second-order valence-electron chi connectivity index (χ2n) is 9.69. The summed E-state index contributed by atoms with van der Waals surface area (Å²) in [5.41, 5.74) is 11.4. The molecule has 0 spiro atoms. The van der Waals surface area contributed by atoms with Crippen LogP contribution in [-0.2, 0) is 32.0 Å². The van der Waals surface area contributed by atoms with Crippen molar-refractivity contribution in [1.82, 2.24) is 19.5 Å². The minimum absolute atomic E-state index is 0.0505. The fourth-order valence-electron chi connectivity index (χ4n) is 4.58. The zero-order chi connectivity index (χ0) is 32.0. The van der Waals surface area contributed by atoms with Gasteiger partial charge in [-0.3, -0.25) is 18.4 Å². The Morgan fingerprint density at radius 1 is 0.977 bits per heavy atom. The summed E-state index contributed by atoms with van der Waals surface area (Å²) in [7, 11) is -10.7. The van der Waals surface area contributed by atoms with Gasteiger partial charge in [0.1, 0.15) is 47.9 Å². The molecule has 240 valence electrons. The van der Waals surface area contributed by atoms with E-state index in [1.807, 2.05) is 0 Å². The van der Waals surface area contributed by atoms with E-state index in [-0.39, 0.29) is 22.5 Å². The Hall–Kier alpha value is -3.01. The predicted molar refractivity (Wildman–Crippen MR) is 139 cm³/mol. The number of fused-ring (bicyclic) bond motifs is 1. The Kier molecular flexibility index (Phi) is 9.13. The summed E-state index contributed by atoms with van der Waals surface area (Å²) in [6.45, 7) is -1.80. The maximum Gasteiger partial charge on any atom is 0.481 e. The van der Waals surface area contributed by atoms with Crippen molar-refractivity contribution >= 4 is 38.5 Å². The molecule has 10 atom stereocenters. The largest absolute Gasteiger partial charge is 0.481 e. The number of amides is 1. The van der Waals surface area contributed by atoms with Crippen molar-refractivity contribution in [2.24, 2.45) is 5.73 Å². The van der Waals surface area contributed by atoms with Gasteiger partial charge in [-0.05, 0) is 6.07 Å². The lowest BCUT2D eigenvalue weighted by Crippen LogP contribution is -2.46. The number of phosphoric acid groups is 2. The Labute approximate surface area is 246 Å². The van der Waals surface area contributed by atoms with Crippen LogP contribution >= 0.6 is 15.6 Å². The Morgan fingerprint density at radius 2 is 1.61 bits per heavy atom. The third kappa shape index (κ3) is 6.65. The molecule has 5 rings (SSSR count). The quantitative estimate of drug-likeness (QED) is 0.0747. The first-order valence-corrected chi connectivity index (χ1v) is 15.6. The normalized spacial score (nSPS) is 31.6. The highest BCUT2D eigenvalue weighted by Gasteiger charge is 2.50. The van der Waals surface area contributed by atoms with E-state index < -0.39 is 83.8 Å². The number of aliphatic hydroxyl groups excluding tert-OH is 4. The van der Waals surface area contributed by atoms with Gasteiger partial charge in [-0.15, -0.1) is 0 Å². The first-order chi connectivity index (χ1) is 20.7. The van der Waals surface area contributed by atoms with E-state index >= 15 is 0 Å². The van der Waals surface area contributed by atoms with Crippen molar-refractivity contribution in [2.45, 2.75) is 49.1 Å². The van der Waals surface area contributed by atoms with Crippen molar-refractivity contribution in [3.8, 4) is 0 Å². The number of rotatable bonds is 11. The molecule has 3 aromatic rings. The van der Waals surface area contributed by atoms with Crippen LogP contribution < -0.4 is 16.0 Å². The number of hydrogen-bond acceptors (Lipinski definition) is 16. The predicted octanol–water partition coefficient (Wildman–Crippen LogP) is -3.02. The second-order valence-corrected chi connectivity index (χ2v) is 12.7. The van der Waals surface area contributed by atoms with Gasteiger partial charge in [-0.2, -0.15) is 8.88 Å². The van der Waals surface area contributed by atoms with Crippen LogP contribution in [0.5, 0.6) is 0 Å². The van der Waals surface area contributed by atoms with E-state index in [4.69, 9.17) is 25.5 Å². The number of nitrogens with zero attached hydrogens (tertiary/aromatic N) is 5. The number of anilines is 1.